The molecule has 0 spiro atoms. The molecule has 1 aromatic carbocycles. The Kier molecular flexibility index (Phi) is 6.43. The Bertz CT molecular complexity index is 968. The Morgan fingerprint density at radius 3 is 2.62 bits per heavy atom. The number of hydrogen-bond acceptors (Lipinski definition) is 6. The molecule has 3 rings (SSSR count). The number of carbonyl (C=O) groups is 1. The summed E-state index contributed by atoms with van der Waals surface area (Å²) < 4.78 is 40.5. The largest absolute Gasteiger partial charge is 0.357 e. The zero-order valence-corrected chi connectivity index (χ0v) is 17.2. The van der Waals surface area contributed by atoms with Crippen molar-refractivity contribution in [1.82, 2.24) is 19.2 Å². The van der Waals surface area contributed by atoms with Gasteiger partial charge in [0.05, 0.1) is 10.5 Å². The van der Waals surface area contributed by atoms with E-state index in [1.807, 2.05) is 0 Å². The van der Waals surface area contributed by atoms with E-state index in [9.17, 15) is 17.6 Å². The number of halogens is 1. The van der Waals surface area contributed by atoms with Gasteiger partial charge in [0.1, 0.15) is 5.82 Å². The number of nitrogens with zero attached hydrogens (tertiary/aromatic N) is 4. The highest BCUT2D eigenvalue weighted by Gasteiger charge is 2.31. The van der Waals surface area contributed by atoms with Gasteiger partial charge >= 0.3 is 0 Å². The van der Waals surface area contributed by atoms with Crippen LogP contribution in [0.3, 0.4) is 0 Å². The van der Waals surface area contributed by atoms with E-state index in [1.165, 1.54) is 41.9 Å². The second kappa shape index (κ2) is 8.83. The van der Waals surface area contributed by atoms with E-state index in [0.717, 1.165) is 6.07 Å². The lowest BCUT2D eigenvalue weighted by Gasteiger charge is -2.26. The fraction of sp³-hybridized carbons (Fsp3) is 0.421. The number of amides is 1. The van der Waals surface area contributed by atoms with Crippen LogP contribution in [0.2, 0.25) is 0 Å². The summed E-state index contributed by atoms with van der Waals surface area (Å²) >= 11 is 0. The number of carbonyl (C=O) groups excluding carboxylic acids is 1. The smallest absolute Gasteiger partial charge is 0.256 e. The van der Waals surface area contributed by atoms with Crippen LogP contribution in [0.1, 0.15) is 29.6 Å². The Balaban J connectivity index is 1.69. The van der Waals surface area contributed by atoms with E-state index in [0.29, 0.717) is 43.9 Å². The van der Waals surface area contributed by atoms with Gasteiger partial charge in [-0.2, -0.15) is 4.31 Å². The number of hydrogen-bond donors (Lipinski definition) is 1. The zero-order chi connectivity index (χ0) is 21.0. The van der Waals surface area contributed by atoms with E-state index in [1.54, 1.807) is 11.9 Å². The molecule has 8 nitrogen and oxygen atoms in total. The SMILES string of the molecule is CNc1ncc(C(=O)N2CCC[C@H](N(C)S(=O)(=O)c3cccc(F)c3)CC2)cn1. The van der Waals surface area contributed by atoms with Crippen LogP contribution < -0.4 is 5.32 Å². The molecule has 1 atom stereocenters. The minimum Gasteiger partial charge on any atom is -0.357 e. The number of nitrogens with one attached hydrogen (secondary N) is 1. The van der Waals surface area contributed by atoms with Crippen molar-refractivity contribution in [3.05, 3.63) is 48.0 Å². The maximum absolute atomic E-state index is 13.5. The number of likely N-dealkylation sites (tertiary alicyclic amines) is 1. The minimum atomic E-state index is -3.81. The summed E-state index contributed by atoms with van der Waals surface area (Å²) in [6, 6.07) is 4.72. The molecule has 0 unspecified atom stereocenters. The molecule has 2 aromatic rings. The molecule has 0 bridgehead atoms. The summed E-state index contributed by atoms with van der Waals surface area (Å²) in [4.78, 5) is 22.5. The number of benzene rings is 1. The van der Waals surface area contributed by atoms with Crippen molar-refractivity contribution in [2.24, 2.45) is 0 Å². The summed E-state index contributed by atoms with van der Waals surface area (Å²) in [5.41, 5.74) is 0.392. The first-order valence-corrected chi connectivity index (χ1v) is 10.8. The summed E-state index contributed by atoms with van der Waals surface area (Å²) in [6.45, 7) is 0.942. The zero-order valence-electron chi connectivity index (χ0n) is 16.4. The standard InChI is InChI=1S/C19H24FN5O3S/c1-21-19-22-12-14(13-23-19)18(26)25-9-4-6-16(8-10-25)24(2)29(27,28)17-7-3-5-15(20)11-17/h3,5,7,11-13,16H,4,6,8-10H2,1-2H3,(H,21,22,23)/t16-/m0/s1. The third kappa shape index (κ3) is 4.70. The highest BCUT2D eigenvalue weighted by Crippen LogP contribution is 2.24. The van der Waals surface area contributed by atoms with Gasteiger partial charge in [0.15, 0.2) is 0 Å². The molecule has 1 aliphatic rings. The molecular formula is C19H24FN5O3S. The molecule has 10 heteroatoms. The summed E-state index contributed by atoms with van der Waals surface area (Å²) in [5, 5.41) is 2.80. The van der Waals surface area contributed by atoms with E-state index in [-0.39, 0.29) is 16.8 Å². The van der Waals surface area contributed by atoms with Crippen molar-refractivity contribution in [2.45, 2.75) is 30.2 Å². The molecule has 156 valence electrons. The number of anilines is 1. The van der Waals surface area contributed by atoms with Crippen LogP contribution >= 0.6 is 0 Å². The van der Waals surface area contributed by atoms with Crippen molar-refractivity contribution < 1.29 is 17.6 Å². The molecular weight excluding hydrogens is 397 g/mol. The molecule has 29 heavy (non-hydrogen) atoms. The highest BCUT2D eigenvalue weighted by atomic mass is 32.2. The number of rotatable bonds is 5. The Labute approximate surface area is 169 Å². The second-order valence-corrected chi connectivity index (χ2v) is 8.90. The van der Waals surface area contributed by atoms with Crippen molar-refractivity contribution >= 4 is 21.9 Å². The summed E-state index contributed by atoms with van der Waals surface area (Å²) in [5.74, 6) is -0.339. The van der Waals surface area contributed by atoms with Gasteiger partial charge in [-0.3, -0.25) is 4.79 Å². The molecule has 1 saturated heterocycles. The normalized spacial score (nSPS) is 17.8. The van der Waals surface area contributed by atoms with E-state index < -0.39 is 15.8 Å². The average Bonchev–Trinajstić information content (AvgIpc) is 2.99. The van der Waals surface area contributed by atoms with Gasteiger partial charge in [-0.25, -0.2) is 22.8 Å². The van der Waals surface area contributed by atoms with E-state index >= 15 is 0 Å². The topological polar surface area (TPSA) is 95.5 Å². The average molecular weight is 421 g/mol. The lowest BCUT2D eigenvalue weighted by molar-refractivity contribution is 0.0759. The molecule has 0 saturated carbocycles. The van der Waals surface area contributed by atoms with Crippen LogP contribution in [0, 0.1) is 5.82 Å². The lowest BCUT2D eigenvalue weighted by atomic mass is 10.1. The first-order chi connectivity index (χ1) is 13.8. The Morgan fingerprint density at radius 2 is 1.97 bits per heavy atom. The monoisotopic (exact) mass is 421 g/mol. The van der Waals surface area contributed by atoms with Gasteiger partial charge in [0.25, 0.3) is 5.91 Å². The molecule has 1 aliphatic heterocycles. The minimum absolute atomic E-state index is 0.0704. The fourth-order valence-electron chi connectivity index (χ4n) is 3.39. The summed E-state index contributed by atoms with van der Waals surface area (Å²) in [6.07, 6.45) is 4.72. The van der Waals surface area contributed by atoms with Crippen LogP contribution in [0.5, 0.6) is 0 Å². The molecule has 0 aliphatic carbocycles. The Morgan fingerprint density at radius 1 is 1.24 bits per heavy atom. The maximum Gasteiger partial charge on any atom is 0.256 e. The third-order valence-corrected chi connectivity index (χ3v) is 7.00. The predicted molar refractivity (Wildman–Crippen MR) is 106 cm³/mol. The van der Waals surface area contributed by atoms with Crippen molar-refractivity contribution in [1.29, 1.82) is 0 Å². The highest BCUT2D eigenvalue weighted by molar-refractivity contribution is 7.89. The van der Waals surface area contributed by atoms with E-state index in [4.69, 9.17) is 0 Å². The number of sulfonamides is 1. The van der Waals surface area contributed by atoms with Gasteiger partial charge < -0.3 is 10.2 Å². The molecule has 2 heterocycles. The molecule has 1 fully saturated rings. The van der Waals surface area contributed by atoms with Crippen molar-refractivity contribution in [2.75, 3.05) is 32.5 Å². The molecule has 1 aromatic heterocycles. The summed E-state index contributed by atoms with van der Waals surface area (Å²) in [7, 11) is -0.611. The quantitative estimate of drug-likeness (QED) is 0.793. The lowest BCUT2D eigenvalue weighted by Crippen LogP contribution is -2.38. The number of aromatic nitrogens is 2. The van der Waals surface area contributed by atoms with Crippen LogP contribution in [-0.4, -0.2) is 66.7 Å². The van der Waals surface area contributed by atoms with Gasteiger partial charge in [0, 0.05) is 45.6 Å². The van der Waals surface area contributed by atoms with Crippen molar-refractivity contribution in [3.8, 4) is 0 Å². The first kappa shape index (κ1) is 21.1. The maximum atomic E-state index is 13.5. The Hall–Kier alpha value is -2.59. The van der Waals surface area contributed by atoms with Gasteiger partial charge in [0.2, 0.25) is 16.0 Å². The van der Waals surface area contributed by atoms with Gasteiger partial charge in [-0.1, -0.05) is 6.07 Å². The first-order valence-electron chi connectivity index (χ1n) is 9.35. The van der Waals surface area contributed by atoms with Crippen molar-refractivity contribution in [3.63, 3.8) is 0 Å². The van der Waals surface area contributed by atoms with Crippen LogP contribution in [-0.2, 0) is 10.0 Å². The second-order valence-electron chi connectivity index (χ2n) is 6.90. The molecule has 0 radical (unpaired) electrons. The van der Waals surface area contributed by atoms with Crippen LogP contribution in [0.25, 0.3) is 0 Å². The van der Waals surface area contributed by atoms with E-state index in [2.05, 4.69) is 15.3 Å². The van der Waals surface area contributed by atoms with Crippen LogP contribution in [0.4, 0.5) is 10.3 Å². The fourth-order valence-corrected chi connectivity index (χ4v) is 4.83. The predicted octanol–water partition coefficient (Wildman–Crippen LogP) is 1.97. The van der Waals surface area contributed by atoms with Gasteiger partial charge in [-0.15, -0.1) is 0 Å². The third-order valence-electron chi connectivity index (χ3n) is 5.09. The molecule has 1 amide bonds. The molecule has 1 N–H and O–H groups in total. The van der Waals surface area contributed by atoms with Gasteiger partial charge in [-0.05, 0) is 37.5 Å². The van der Waals surface area contributed by atoms with Crippen LogP contribution in [0.15, 0.2) is 41.6 Å².